The van der Waals surface area contributed by atoms with Gasteiger partial charge in [-0.3, -0.25) is 4.90 Å². The zero-order valence-corrected chi connectivity index (χ0v) is 12.2. The predicted octanol–water partition coefficient (Wildman–Crippen LogP) is 3.54. The van der Waals surface area contributed by atoms with Gasteiger partial charge in [0.1, 0.15) is 5.82 Å². The molecule has 1 aromatic rings. The average molecular weight is 279 g/mol. The van der Waals surface area contributed by atoms with E-state index in [9.17, 15) is 9.18 Å². The van der Waals surface area contributed by atoms with Crippen molar-refractivity contribution >= 4 is 5.97 Å². The monoisotopic (exact) mass is 279 g/mol. The van der Waals surface area contributed by atoms with Crippen molar-refractivity contribution in [1.82, 2.24) is 4.90 Å². The first kappa shape index (κ1) is 15.0. The van der Waals surface area contributed by atoms with E-state index in [1.807, 2.05) is 0 Å². The predicted molar refractivity (Wildman–Crippen MR) is 76.3 cm³/mol. The fraction of sp³-hybridized carbons (Fsp3) is 0.562. The minimum atomic E-state index is -1.21. The fourth-order valence-corrected chi connectivity index (χ4v) is 2.74. The molecule has 1 fully saturated rings. The van der Waals surface area contributed by atoms with Crippen molar-refractivity contribution in [2.24, 2.45) is 5.41 Å². The Labute approximate surface area is 119 Å². The molecule has 1 saturated heterocycles. The van der Waals surface area contributed by atoms with Crippen molar-refractivity contribution in [2.45, 2.75) is 39.7 Å². The lowest BCUT2D eigenvalue weighted by atomic mass is 9.85. The molecule has 2 rings (SSSR count). The van der Waals surface area contributed by atoms with Gasteiger partial charge in [0.2, 0.25) is 0 Å². The smallest absolute Gasteiger partial charge is 0.338 e. The number of carboxylic acids is 1. The van der Waals surface area contributed by atoms with Gasteiger partial charge in [0.25, 0.3) is 0 Å². The van der Waals surface area contributed by atoms with E-state index < -0.39 is 11.8 Å². The minimum Gasteiger partial charge on any atom is -0.478 e. The summed E-state index contributed by atoms with van der Waals surface area (Å²) in [5.74, 6) is -1.80. The van der Waals surface area contributed by atoms with Gasteiger partial charge in [-0.2, -0.15) is 0 Å². The van der Waals surface area contributed by atoms with Gasteiger partial charge in [-0.1, -0.05) is 26.0 Å². The van der Waals surface area contributed by atoms with E-state index in [0.717, 1.165) is 25.9 Å². The Balaban J connectivity index is 2.10. The molecule has 0 atom stereocenters. The van der Waals surface area contributed by atoms with Crippen LogP contribution in [0, 0.1) is 11.2 Å². The molecule has 0 saturated carbocycles. The number of nitrogens with zero attached hydrogens (tertiary/aromatic N) is 1. The second kappa shape index (κ2) is 5.92. The van der Waals surface area contributed by atoms with E-state index in [2.05, 4.69) is 18.7 Å². The quantitative estimate of drug-likeness (QED) is 0.920. The Morgan fingerprint density at radius 1 is 1.35 bits per heavy atom. The maximum atomic E-state index is 14.1. The topological polar surface area (TPSA) is 40.5 Å². The summed E-state index contributed by atoms with van der Waals surface area (Å²) in [6.07, 6.45) is 3.38. The van der Waals surface area contributed by atoms with Crippen LogP contribution in [0.15, 0.2) is 18.2 Å². The Bertz CT molecular complexity index is 499. The molecule has 0 bridgehead atoms. The van der Waals surface area contributed by atoms with Gasteiger partial charge in [0, 0.05) is 12.1 Å². The van der Waals surface area contributed by atoms with Gasteiger partial charge >= 0.3 is 5.97 Å². The molecule has 0 radical (unpaired) electrons. The van der Waals surface area contributed by atoms with E-state index >= 15 is 0 Å². The molecular weight excluding hydrogens is 257 g/mol. The standard InChI is InChI=1S/C16H22FNO2/c1-16(2)7-4-9-18(10-8-16)11-12-5-3-6-13(14(12)17)15(19)20/h3,5-6H,4,7-11H2,1-2H3,(H,19,20). The first-order chi connectivity index (χ1) is 9.39. The largest absolute Gasteiger partial charge is 0.478 e. The Hall–Kier alpha value is -1.42. The maximum absolute atomic E-state index is 14.1. The Morgan fingerprint density at radius 3 is 2.80 bits per heavy atom. The van der Waals surface area contributed by atoms with E-state index in [1.54, 1.807) is 12.1 Å². The maximum Gasteiger partial charge on any atom is 0.338 e. The lowest BCUT2D eigenvalue weighted by Crippen LogP contribution is -2.25. The second-order valence-electron chi connectivity index (χ2n) is 6.38. The summed E-state index contributed by atoms with van der Waals surface area (Å²) in [4.78, 5) is 13.2. The van der Waals surface area contributed by atoms with Crippen molar-refractivity contribution in [1.29, 1.82) is 0 Å². The molecule has 110 valence electrons. The second-order valence-corrected chi connectivity index (χ2v) is 6.38. The third-order valence-corrected chi connectivity index (χ3v) is 4.14. The molecule has 1 aliphatic rings. The molecule has 1 aromatic carbocycles. The molecule has 0 aliphatic carbocycles. The normalized spacial score (nSPS) is 19.6. The lowest BCUT2D eigenvalue weighted by Gasteiger charge is -2.23. The van der Waals surface area contributed by atoms with E-state index in [0.29, 0.717) is 17.5 Å². The number of halogens is 1. The summed E-state index contributed by atoms with van der Waals surface area (Å²) in [5.41, 5.74) is 0.582. The van der Waals surface area contributed by atoms with E-state index in [4.69, 9.17) is 5.11 Å². The van der Waals surface area contributed by atoms with Gasteiger partial charge in [-0.05, 0) is 43.8 Å². The summed E-state index contributed by atoms with van der Waals surface area (Å²) < 4.78 is 14.1. The SMILES string of the molecule is CC1(C)CCCN(Cc2cccc(C(=O)O)c2F)CC1. The molecule has 4 heteroatoms. The number of carbonyl (C=O) groups is 1. The molecular formula is C16H22FNO2. The van der Waals surface area contributed by atoms with Crippen molar-refractivity contribution in [2.75, 3.05) is 13.1 Å². The summed E-state index contributed by atoms with van der Waals surface area (Å²) in [7, 11) is 0. The van der Waals surface area contributed by atoms with Crippen LogP contribution in [0.1, 0.15) is 49.0 Å². The zero-order valence-electron chi connectivity index (χ0n) is 12.2. The van der Waals surface area contributed by atoms with Crippen LogP contribution < -0.4 is 0 Å². The van der Waals surface area contributed by atoms with Gasteiger partial charge in [-0.25, -0.2) is 9.18 Å². The molecule has 1 aliphatic heterocycles. The number of hydrogen-bond donors (Lipinski definition) is 1. The summed E-state index contributed by atoms with van der Waals surface area (Å²) in [5, 5.41) is 8.96. The van der Waals surface area contributed by atoms with Gasteiger partial charge < -0.3 is 5.11 Å². The van der Waals surface area contributed by atoms with Crippen molar-refractivity contribution in [3.63, 3.8) is 0 Å². The van der Waals surface area contributed by atoms with E-state index in [-0.39, 0.29) is 5.56 Å². The lowest BCUT2D eigenvalue weighted by molar-refractivity contribution is 0.0691. The summed E-state index contributed by atoms with van der Waals surface area (Å²) in [6.45, 7) is 6.90. The molecule has 1 heterocycles. The number of hydrogen-bond acceptors (Lipinski definition) is 2. The Kier molecular flexibility index (Phi) is 4.43. The van der Waals surface area contributed by atoms with Crippen LogP contribution in [0.2, 0.25) is 0 Å². The molecule has 0 aromatic heterocycles. The number of likely N-dealkylation sites (tertiary alicyclic amines) is 1. The summed E-state index contributed by atoms with van der Waals surface area (Å²) in [6, 6.07) is 4.61. The number of aromatic carboxylic acids is 1. The van der Waals surface area contributed by atoms with Gasteiger partial charge in [-0.15, -0.1) is 0 Å². The van der Waals surface area contributed by atoms with Crippen LogP contribution in [0.3, 0.4) is 0 Å². The first-order valence-electron chi connectivity index (χ1n) is 7.12. The third kappa shape index (κ3) is 3.57. The zero-order chi connectivity index (χ0) is 14.8. The molecule has 3 nitrogen and oxygen atoms in total. The number of benzene rings is 1. The first-order valence-corrected chi connectivity index (χ1v) is 7.12. The van der Waals surface area contributed by atoms with Crippen molar-refractivity contribution in [3.05, 3.63) is 35.1 Å². The van der Waals surface area contributed by atoms with E-state index in [1.165, 1.54) is 12.5 Å². The van der Waals surface area contributed by atoms with Crippen LogP contribution in [-0.4, -0.2) is 29.1 Å². The number of rotatable bonds is 3. The third-order valence-electron chi connectivity index (χ3n) is 4.14. The minimum absolute atomic E-state index is 0.238. The highest BCUT2D eigenvalue weighted by atomic mass is 19.1. The highest BCUT2D eigenvalue weighted by Crippen LogP contribution is 2.30. The molecule has 0 spiro atoms. The van der Waals surface area contributed by atoms with Crippen LogP contribution >= 0.6 is 0 Å². The van der Waals surface area contributed by atoms with Crippen LogP contribution in [-0.2, 0) is 6.54 Å². The number of carboxylic acid groups (broad SMARTS) is 1. The highest BCUT2D eigenvalue weighted by molar-refractivity contribution is 5.88. The molecule has 0 amide bonds. The molecule has 20 heavy (non-hydrogen) atoms. The highest BCUT2D eigenvalue weighted by Gasteiger charge is 2.24. The van der Waals surface area contributed by atoms with Crippen LogP contribution in [0.5, 0.6) is 0 Å². The van der Waals surface area contributed by atoms with Crippen LogP contribution in [0.25, 0.3) is 0 Å². The van der Waals surface area contributed by atoms with Gasteiger partial charge in [0.15, 0.2) is 0 Å². The molecule has 1 N–H and O–H groups in total. The Morgan fingerprint density at radius 2 is 2.10 bits per heavy atom. The molecule has 0 unspecified atom stereocenters. The van der Waals surface area contributed by atoms with Crippen molar-refractivity contribution in [3.8, 4) is 0 Å². The fourth-order valence-electron chi connectivity index (χ4n) is 2.74. The average Bonchev–Trinajstić information content (AvgIpc) is 2.53. The van der Waals surface area contributed by atoms with Crippen molar-refractivity contribution < 1.29 is 14.3 Å². The van der Waals surface area contributed by atoms with Crippen LogP contribution in [0.4, 0.5) is 4.39 Å². The van der Waals surface area contributed by atoms with Gasteiger partial charge in [0.05, 0.1) is 5.56 Å². The summed E-state index contributed by atoms with van der Waals surface area (Å²) >= 11 is 0.